The molecule has 16 rings (SSSR count). The summed E-state index contributed by atoms with van der Waals surface area (Å²) in [5.41, 5.74) is 13.5. The van der Waals surface area contributed by atoms with Crippen LogP contribution >= 0.6 is 0 Å². The van der Waals surface area contributed by atoms with E-state index in [4.69, 9.17) is 61.3 Å². The Kier molecular flexibility index (Phi) is 27.8. The molecule has 14 nitrogen and oxygen atoms in total. The highest BCUT2D eigenvalue weighted by Crippen LogP contribution is 2.52. The van der Waals surface area contributed by atoms with Crippen LogP contribution in [0, 0.1) is 0 Å². The molecular weight excluding hydrogens is 1530 g/mol. The smallest absolute Gasteiger partial charge is 0.203 e. The van der Waals surface area contributed by atoms with Gasteiger partial charge in [-0.2, -0.15) is 0 Å². The Morgan fingerprint density at radius 1 is 0.281 bits per heavy atom. The predicted molar refractivity (Wildman–Crippen MR) is 476 cm³/mol. The second-order valence-corrected chi connectivity index (χ2v) is 36.5. The van der Waals surface area contributed by atoms with Gasteiger partial charge >= 0.3 is 0 Å². The lowest BCUT2D eigenvalue weighted by molar-refractivity contribution is 0.0191. The number of hydrogen-bond donors (Lipinski definition) is 1. The first-order valence-electron chi connectivity index (χ1n) is 41.3. The van der Waals surface area contributed by atoms with Crippen molar-refractivity contribution < 1.29 is 66.4 Å². The van der Waals surface area contributed by atoms with E-state index >= 15 is 0 Å². The summed E-state index contributed by atoms with van der Waals surface area (Å²) in [7, 11) is -2.38. The zero-order valence-electron chi connectivity index (χ0n) is 69.0. The SMILES string of the molecule is CC(C)(C)[Si](C)(C)O[C@@H]1Cc2c(OCc3ccccc3)cc(OCc3ccccc3)cc2O[C@H]1c1cc(OCc2ccccc2)c(OCc2ccccc2)c(OCc2ccccc2)c1.O[C@@H]1Cc2c(OCc3ccccc3)cc(OCc3ccccc3)cc2O[C@H]1c1cc(OCc2ccccc2)c(OCc2ccccc2)c(OCc2ccccc2)c1. The summed E-state index contributed by atoms with van der Waals surface area (Å²) < 4.78 is 87.1. The summed E-state index contributed by atoms with van der Waals surface area (Å²) in [5, 5.41) is 11.8. The van der Waals surface area contributed by atoms with Crippen LogP contribution in [-0.2, 0) is 83.3 Å². The van der Waals surface area contributed by atoms with Crippen LogP contribution in [0.25, 0.3) is 0 Å². The molecule has 14 aromatic rings. The Hall–Kier alpha value is -13.2. The van der Waals surface area contributed by atoms with Gasteiger partial charge in [0.05, 0.1) is 12.2 Å². The Labute approximate surface area is 711 Å². The van der Waals surface area contributed by atoms with Gasteiger partial charge < -0.3 is 66.4 Å². The quantitative estimate of drug-likeness (QED) is 0.0383. The van der Waals surface area contributed by atoms with Gasteiger partial charge in [0.15, 0.2) is 37.4 Å². The molecule has 14 aromatic carbocycles. The molecule has 1 N–H and O–H groups in total. The van der Waals surface area contributed by atoms with E-state index in [9.17, 15) is 5.11 Å². The molecule has 4 atom stereocenters. The molecular formula is C106H102O14Si. The third-order valence-corrected chi connectivity index (χ3v) is 26.2. The summed E-state index contributed by atoms with van der Waals surface area (Å²) in [6.45, 7) is 14.8. The van der Waals surface area contributed by atoms with Crippen LogP contribution in [0.5, 0.6) is 69.0 Å². The predicted octanol–water partition coefficient (Wildman–Crippen LogP) is 24.3. The molecule has 0 amide bonds. The molecule has 0 bridgehead atoms. The highest BCUT2D eigenvalue weighted by Gasteiger charge is 2.45. The van der Waals surface area contributed by atoms with E-state index in [1.807, 2.05) is 291 Å². The second kappa shape index (κ2) is 40.5. The molecule has 0 spiro atoms. The fraction of sp³-hybridized carbons (Fsp3) is 0.208. The minimum atomic E-state index is -2.38. The van der Waals surface area contributed by atoms with E-state index in [2.05, 4.69) is 94.5 Å². The minimum absolute atomic E-state index is 0.0668. The lowest BCUT2D eigenvalue weighted by Crippen LogP contribution is -2.47. The normalized spacial score (nSPS) is 14.6. The van der Waals surface area contributed by atoms with Gasteiger partial charge in [0, 0.05) is 59.4 Å². The number of aliphatic hydroxyl groups excluding tert-OH is 1. The lowest BCUT2D eigenvalue weighted by Gasteiger charge is -2.43. The fourth-order valence-corrected chi connectivity index (χ4v) is 15.4. The zero-order valence-corrected chi connectivity index (χ0v) is 70.0. The molecule has 15 heteroatoms. The van der Waals surface area contributed by atoms with E-state index in [-0.39, 0.29) is 17.6 Å². The van der Waals surface area contributed by atoms with Gasteiger partial charge in [-0.3, -0.25) is 0 Å². The summed E-state index contributed by atoms with van der Waals surface area (Å²) >= 11 is 0. The van der Waals surface area contributed by atoms with Crippen molar-refractivity contribution in [3.8, 4) is 69.0 Å². The molecule has 0 saturated carbocycles. The molecule has 0 aliphatic carbocycles. The first kappa shape index (κ1) is 82.9. The van der Waals surface area contributed by atoms with Gasteiger partial charge in [-0.05, 0) is 98.0 Å². The number of fused-ring (bicyclic) bond motifs is 2. The monoisotopic (exact) mass is 1630 g/mol. The highest BCUT2D eigenvalue weighted by molar-refractivity contribution is 6.74. The molecule has 2 aliphatic heterocycles. The average molecular weight is 1630 g/mol. The van der Waals surface area contributed by atoms with Gasteiger partial charge in [0.2, 0.25) is 11.5 Å². The largest absolute Gasteiger partial charge is 0.489 e. The molecule has 0 unspecified atom stereocenters. The summed E-state index contributed by atoms with van der Waals surface area (Å²) in [6, 6.07) is 116. The second-order valence-electron chi connectivity index (χ2n) is 31.7. The molecule has 121 heavy (non-hydrogen) atoms. The van der Waals surface area contributed by atoms with Crippen molar-refractivity contribution in [1.82, 2.24) is 0 Å². The maximum atomic E-state index is 11.9. The van der Waals surface area contributed by atoms with E-state index < -0.39 is 26.6 Å². The molecule has 2 heterocycles. The van der Waals surface area contributed by atoms with Gasteiger partial charge in [-0.1, -0.05) is 324 Å². The van der Waals surface area contributed by atoms with E-state index in [0.717, 1.165) is 72.3 Å². The van der Waals surface area contributed by atoms with Crippen molar-refractivity contribution >= 4 is 8.32 Å². The first-order chi connectivity index (χ1) is 59.2. The molecule has 0 saturated heterocycles. The van der Waals surface area contributed by atoms with Crippen LogP contribution in [0.3, 0.4) is 0 Å². The van der Waals surface area contributed by atoms with Crippen molar-refractivity contribution in [3.63, 3.8) is 0 Å². The standard InChI is InChI=1S/C56H58O7Si.C50H44O7/c1-56(2,3)64(4,5)63-53-35-48-49(58-37-42-23-13-7-14-24-42)33-47(57-36-41-21-11-6-12-22-41)34-50(48)62-54(53)46-31-51(59-38-43-25-15-8-16-26-43)55(61-40-45-29-19-10-20-30-45)52(32-46)60-39-44-27-17-9-18-28-44;51-44-30-43-45(53-32-37-18-8-2-9-19-37)28-42(52-31-36-16-6-1-7-17-36)29-46(43)57-49(44)41-26-47(54-33-38-20-10-3-11-21-38)50(56-35-40-24-14-5-15-25-40)48(27-41)55-34-39-22-12-4-13-23-39/h6-34,53-54H,35-40H2,1-5H3;1-29,44,49,51H,30-35H2/t53-,54+;44-,49+/m11/s1. The number of ether oxygens (including phenoxy) is 12. The van der Waals surface area contributed by atoms with E-state index in [1.54, 1.807) is 0 Å². The Morgan fingerprint density at radius 2 is 0.512 bits per heavy atom. The number of hydrogen-bond acceptors (Lipinski definition) is 14. The Balaban J connectivity index is 0.000000189. The Morgan fingerprint density at radius 3 is 0.785 bits per heavy atom. The Bertz CT molecular complexity index is 5430. The molecule has 0 aromatic heterocycles. The summed E-state index contributed by atoms with van der Waals surface area (Å²) in [6.07, 6.45) is -1.81. The van der Waals surface area contributed by atoms with Crippen molar-refractivity contribution in [2.75, 3.05) is 0 Å². The van der Waals surface area contributed by atoms with Crippen molar-refractivity contribution in [2.24, 2.45) is 0 Å². The van der Waals surface area contributed by atoms with Crippen LogP contribution in [0.1, 0.15) is 111 Å². The van der Waals surface area contributed by atoms with Crippen molar-refractivity contribution in [3.05, 3.63) is 430 Å². The topological polar surface area (TPSA) is 140 Å². The minimum Gasteiger partial charge on any atom is -0.489 e. The maximum Gasteiger partial charge on any atom is 0.203 e. The van der Waals surface area contributed by atoms with E-state index in [0.29, 0.717) is 147 Å². The third-order valence-electron chi connectivity index (χ3n) is 21.7. The molecule has 2 aliphatic rings. The van der Waals surface area contributed by atoms with E-state index in [1.165, 1.54) is 0 Å². The van der Waals surface area contributed by atoms with Gasteiger partial charge in [0.1, 0.15) is 107 Å². The zero-order chi connectivity index (χ0) is 83.0. The number of benzene rings is 14. The van der Waals surface area contributed by atoms with Gasteiger partial charge in [-0.25, -0.2) is 0 Å². The van der Waals surface area contributed by atoms with Crippen LogP contribution in [0.4, 0.5) is 0 Å². The molecule has 0 fully saturated rings. The van der Waals surface area contributed by atoms with Crippen LogP contribution in [-0.4, -0.2) is 25.6 Å². The average Bonchev–Trinajstić information content (AvgIpc) is 0.766. The molecule has 614 valence electrons. The van der Waals surface area contributed by atoms with Crippen LogP contribution in [0.15, 0.2) is 352 Å². The summed E-state index contributed by atoms with van der Waals surface area (Å²) in [5.74, 6) is 6.83. The van der Waals surface area contributed by atoms with Crippen molar-refractivity contribution in [1.29, 1.82) is 0 Å². The van der Waals surface area contributed by atoms with Crippen LogP contribution in [0.2, 0.25) is 18.1 Å². The third kappa shape index (κ3) is 22.8. The number of rotatable bonds is 34. The number of aliphatic hydroxyl groups is 1. The lowest BCUT2D eigenvalue weighted by atomic mass is 9.93. The summed E-state index contributed by atoms with van der Waals surface area (Å²) in [4.78, 5) is 0. The van der Waals surface area contributed by atoms with Crippen molar-refractivity contribution in [2.45, 2.75) is 142 Å². The maximum absolute atomic E-state index is 11.9. The van der Waals surface area contributed by atoms with Gasteiger partial charge in [0.25, 0.3) is 0 Å². The first-order valence-corrected chi connectivity index (χ1v) is 44.2. The fourth-order valence-electron chi connectivity index (χ4n) is 14.1. The molecule has 0 radical (unpaired) electrons. The highest BCUT2D eigenvalue weighted by atomic mass is 28.4. The van der Waals surface area contributed by atoms with Gasteiger partial charge in [-0.15, -0.1) is 0 Å². The van der Waals surface area contributed by atoms with Crippen LogP contribution < -0.4 is 56.8 Å².